The SMILES string of the molecule is NC(CC(=O)O)C(=O)NC(Cc1c[nH]c2ccccc12)C(=O)NC(CS)C(=O)NC(CO)C(=O)O. The van der Waals surface area contributed by atoms with Gasteiger partial charge in [0.25, 0.3) is 0 Å². The Labute approximate surface area is 204 Å². The number of nitrogens with two attached hydrogens (primary N) is 1. The van der Waals surface area contributed by atoms with Crippen molar-refractivity contribution in [2.24, 2.45) is 5.73 Å². The molecule has 0 aliphatic rings. The quantitative estimate of drug-likeness (QED) is 0.136. The lowest BCUT2D eigenvalue weighted by Crippen LogP contribution is -2.58. The summed E-state index contributed by atoms with van der Waals surface area (Å²) in [5.74, 6) is -5.59. The van der Waals surface area contributed by atoms with Crippen LogP contribution in [0, 0.1) is 0 Å². The molecule has 2 aromatic rings. The fraction of sp³-hybridized carbons (Fsp3) is 0.381. The molecule has 9 N–H and O–H groups in total. The highest BCUT2D eigenvalue weighted by Crippen LogP contribution is 2.19. The highest BCUT2D eigenvalue weighted by Gasteiger charge is 2.30. The average Bonchev–Trinajstić information content (AvgIpc) is 3.22. The fourth-order valence-electron chi connectivity index (χ4n) is 3.21. The second-order valence-electron chi connectivity index (χ2n) is 7.65. The van der Waals surface area contributed by atoms with Crippen LogP contribution in [0.25, 0.3) is 10.9 Å². The molecule has 35 heavy (non-hydrogen) atoms. The van der Waals surface area contributed by atoms with Crippen LogP contribution in [0.15, 0.2) is 30.5 Å². The van der Waals surface area contributed by atoms with Gasteiger partial charge in [0, 0.05) is 29.3 Å². The maximum Gasteiger partial charge on any atom is 0.328 e. The van der Waals surface area contributed by atoms with Crippen molar-refractivity contribution >= 4 is 53.2 Å². The Morgan fingerprint density at radius 2 is 1.54 bits per heavy atom. The second kappa shape index (κ2) is 12.7. The maximum absolute atomic E-state index is 13.1. The summed E-state index contributed by atoms with van der Waals surface area (Å²) in [6.07, 6.45) is 0.957. The number of benzene rings is 1. The molecule has 0 saturated heterocycles. The molecular formula is C21H27N5O8S. The predicted octanol–water partition coefficient (Wildman–Crippen LogP) is -2.03. The van der Waals surface area contributed by atoms with Gasteiger partial charge in [-0.1, -0.05) is 18.2 Å². The van der Waals surface area contributed by atoms with Gasteiger partial charge in [0.2, 0.25) is 17.7 Å². The third-order valence-corrected chi connectivity index (χ3v) is 5.44. The Morgan fingerprint density at radius 1 is 0.943 bits per heavy atom. The number of fused-ring (bicyclic) bond motifs is 1. The molecule has 0 aliphatic heterocycles. The Morgan fingerprint density at radius 3 is 2.14 bits per heavy atom. The number of aliphatic hydroxyl groups excluding tert-OH is 1. The number of para-hydroxylation sites is 1. The first kappa shape index (κ1) is 27.6. The van der Waals surface area contributed by atoms with Crippen LogP contribution >= 0.6 is 12.6 Å². The zero-order chi connectivity index (χ0) is 26.1. The van der Waals surface area contributed by atoms with E-state index in [9.17, 15) is 24.0 Å². The van der Waals surface area contributed by atoms with Crippen LogP contribution in [0.5, 0.6) is 0 Å². The van der Waals surface area contributed by atoms with Crippen molar-refractivity contribution in [3.8, 4) is 0 Å². The van der Waals surface area contributed by atoms with E-state index >= 15 is 0 Å². The number of aliphatic hydroxyl groups is 1. The number of aromatic nitrogens is 1. The first-order chi connectivity index (χ1) is 16.6. The minimum atomic E-state index is -1.59. The number of carbonyl (C=O) groups excluding carboxylic acids is 3. The molecular weight excluding hydrogens is 482 g/mol. The van der Waals surface area contributed by atoms with E-state index in [2.05, 4.69) is 33.6 Å². The van der Waals surface area contributed by atoms with Crippen LogP contribution in [0.1, 0.15) is 12.0 Å². The number of hydrogen-bond acceptors (Lipinski definition) is 8. The third kappa shape index (κ3) is 7.70. The number of nitrogens with one attached hydrogen (secondary N) is 4. The van der Waals surface area contributed by atoms with Crippen molar-refractivity contribution in [1.82, 2.24) is 20.9 Å². The number of thiol groups is 1. The van der Waals surface area contributed by atoms with Crippen LogP contribution in [0.4, 0.5) is 0 Å². The molecule has 13 nitrogen and oxygen atoms in total. The number of carbonyl (C=O) groups is 5. The normalized spacial score (nSPS) is 14.4. The van der Waals surface area contributed by atoms with Crippen molar-refractivity contribution in [3.63, 3.8) is 0 Å². The number of amides is 3. The molecule has 3 amide bonds. The van der Waals surface area contributed by atoms with E-state index in [1.165, 1.54) is 0 Å². The van der Waals surface area contributed by atoms with Crippen molar-refractivity contribution in [2.45, 2.75) is 37.0 Å². The lowest BCUT2D eigenvalue weighted by molar-refractivity contribution is -0.143. The van der Waals surface area contributed by atoms with Gasteiger partial charge in [-0.05, 0) is 11.6 Å². The van der Waals surface area contributed by atoms with E-state index in [1.807, 2.05) is 12.1 Å². The Bertz CT molecular complexity index is 1090. The monoisotopic (exact) mass is 509 g/mol. The number of hydrogen-bond donors (Lipinski definition) is 9. The Kier molecular flexibility index (Phi) is 10.1. The van der Waals surface area contributed by atoms with Gasteiger partial charge in [0.1, 0.15) is 18.1 Å². The smallest absolute Gasteiger partial charge is 0.328 e. The highest BCUT2D eigenvalue weighted by atomic mass is 32.1. The summed E-state index contributed by atoms with van der Waals surface area (Å²) < 4.78 is 0. The number of carboxylic acid groups (broad SMARTS) is 2. The highest BCUT2D eigenvalue weighted by molar-refractivity contribution is 7.80. The maximum atomic E-state index is 13.1. The number of aromatic amines is 1. The van der Waals surface area contributed by atoms with E-state index < -0.39 is 66.9 Å². The fourth-order valence-corrected chi connectivity index (χ4v) is 3.47. The standard InChI is InChI=1S/C21H27N5O8S/c22-12(6-17(28)29)18(30)24-14(5-10-7-23-13-4-2-1-3-11(10)13)19(31)26-16(9-35)20(32)25-15(8-27)21(33)34/h1-4,7,12,14-16,23,27,35H,5-6,8-9,22H2,(H,24,30)(H,25,32)(H,26,31)(H,28,29)(H,33,34). The molecule has 0 fully saturated rings. The molecule has 1 aromatic carbocycles. The molecule has 14 heteroatoms. The van der Waals surface area contributed by atoms with Gasteiger partial charge in [0.05, 0.1) is 19.1 Å². The summed E-state index contributed by atoms with van der Waals surface area (Å²) in [6, 6.07) is 1.66. The van der Waals surface area contributed by atoms with Crippen LogP contribution in [0.2, 0.25) is 0 Å². The van der Waals surface area contributed by atoms with Crippen LogP contribution in [0.3, 0.4) is 0 Å². The van der Waals surface area contributed by atoms with Gasteiger partial charge < -0.3 is 42.0 Å². The predicted molar refractivity (Wildman–Crippen MR) is 127 cm³/mol. The molecule has 1 heterocycles. The average molecular weight is 510 g/mol. The Hall–Kier alpha value is -3.62. The first-order valence-electron chi connectivity index (χ1n) is 10.4. The number of rotatable bonds is 13. The van der Waals surface area contributed by atoms with Gasteiger partial charge in [-0.15, -0.1) is 0 Å². The molecule has 4 atom stereocenters. The summed E-state index contributed by atoms with van der Waals surface area (Å²) in [6.45, 7) is -0.866. The largest absolute Gasteiger partial charge is 0.481 e. The van der Waals surface area contributed by atoms with Gasteiger partial charge in [0.15, 0.2) is 0 Å². The number of aliphatic carboxylic acids is 2. The molecule has 1 aromatic heterocycles. The minimum absolute atomic E-state index is 0.0311. The van der Waals surface area contributed by atoms with E-state index in [0.717, 1.165) is 10.9 Å². The minimum Gasteiger partial charge on any atom is -0.481 e. The van der Waals surface area contributed by atoms with E-state index in [-0.39, 0.29) is 12.2 Å². The Balaban J connectivity index is 2.23. The summed E-state index contributed by atoms with van der Waals surface area (Å²) >= 11 is 4.02. The molecule has 0 aliphatic carbocycles. The molecule has 190 valence electrons. The zero-order valence-corrected chi connectivity index (χ0v) is 19.3. The van der Waals surface area contributed by atoms with Gasteiger partial charge in [-0.2, -0.15) is 12.6 Å². The number of carboxylic acids is 2. The lowest BCUT2D eigenvalue weighted by atomic mass is 10.0. The third-order valence-electron chi connectivity index (χ3n) is 5.08. The van der Waals surface area contributed by atoms with Crippen LogP contribution < -0.4 is 21.7 Å². The molecule has 0 saturated carbocycles. The lowest BCUT2D eigenvalue weighted by Gasteiger charge is -2.24. The topological polar surface area (TPSA) is 224 Å². The summed E-state index contributed by atoms with van der Waals surface area (Å²) in [5, 5.41) is 34.7. The van der Waals surface area contributed by atoms with E-state index in [1.54, 1.807) is 18.3 Å². The van der Waals surface area contributed by atoms with Crippen LogP contribution in [-0.4, -0.2) is 86.5 Å². The van der Waals surface area contributed by atoms with E-state index in [4.69, 9.17) is 21.1 Å². The molecule has 0 spiro atoms. The van der Waals surface area contributed by atoms with Crippen molar-refractivity contribution < 1.29 is 39.3 Å². The van der Waals surface area contributed by atoms with Crippen molar-refractivity contribution in [3.05, 3.63) is 36.0 Å². The zero-order valence-electron chi connectivity index (χ0n) is 18.4. The van der Waals surface area contributed by atoms with Gasteiger partial charge in [-0.25, -0.2) is 4.79 Å². The first-order valence-corrected chi connectivity index (χ1v) is 11.1. The van der Waals surface area contributed by atoms with Gasteiger partial charge >= 0.3 is 11.9 Å². The van der Waals surface area contributed by atoms with Gasteiger partial charge in [-0.3, -0.25) is 19.2 Å². The van der Waals surface area contributed by atoms with Crippen molar-refractivity contribution in [2.75, 3.05) is 12.4 Å². The summed E-state index contributed by atoms with van der Waals surface area (Å²) in [5.41, 5.74) is 7.06. The van der Waals surface area contributed by atoms with Crippen LogP contribution in [-0.2, 0) is 30.4 Å². The summed E-state index contributed by atoms with van der Waals surface area (Å²) in [4.78, 5) is 63.0. The molecule has 2 rings (SSSR count). The second-order valence-corrected chi connectivity index (χ2v) is 8.02. The van der Waals surface area contributed by atoms with Crippen molar-refractivity contribution in [1.29, 1.82) is 0 Å². The molecule has 0 radical (unpaired) electrons. The summed E-state index contributed by atoms with van der Waals surface area (Å²) in [7, 11) is 0. The van der Waals surface area contributed by atoms with E-state index in [0.29, 0.717) is 5.56 Å². The molecule has 4 unspecified atom stereocenters. The number of H-pyrrole nitrogens is 1. The molecule has 0 bridgehead atoms.